The number of amides is 3. The quantitative estimate of drug-likeness (QED) is 0.528. The van der Waals surface area contributed by atoms with Crippen LogP contribution in [0.25, 0.3) is 0 Å². The second kappa shape index (κ2) is 14.0. The van der Waals surface area contributed by atoms with Crippen LogP contribution in [0.1, 0.15) is 47.9 Å². The van der Waals surface area contributed by atoms with Crippen molar-refractivity contribution in [1.82, 2.24) is 9.80 Å². The molecule has 2 aliphatic rings. The highest BCUT2D eigenvalue weighted by Gasteiger charge is 2.23. The molecule has 2 fully saturated rings. The fourth-order valence-electron chi connectivity index (χ4n) is 4.10. The summed E-state index contributed by atoms with van der Waals surface area (Å²) in [7, 11) is 0. The Labute approximate surface area is 218 Å². The van der Waals surface area contributed by atoms with Gasteiger partial charge in [0.1, 0.15) is 6.54 Å². The number of likely N-dealkylation sites (tertiary alicyclic amines) is 2. The molecule has 0 radical (unpaired) electrons. The van der Waals surface area contributed by atoms with Crippen molar-refractivity contribution in [2.24, 2.45) is 0 Å². The van der Waals surface area contributed by atoms with Crippen LogP contribution in [-0.2, 0) is 19.2 Å². The maximum Gasteiger partial charge on any atom is 0.323 e. The first kappa shape index (κ1) is 29.4. The van der Waals surface area contributed by atoms with Gasteiger partial charge in [0, 0.05) is 37.3 Å². The number of carbonyl (C=O) groups is 4. The minimum atomic E-state index is -0.935. The van der Waals surface area contributed by atoms with Gasteiger partial charge in [0.05, 0.1) is 6.54 Å². The molecule has 9 heteroatoms. The molecular weight excluding hydrogens is 472 g/mol. The number of nitrogens with two attached hydrogens (primary N) is 1. The lowest BCUT2D eigenvalue weighted by Gasteiger charge is -2.16. The number of benzene rings is 2. The Morgan fingerprint density at radius 1 is 0.811 bits per heavy atom. The number of nitrogen functional groups attached to an aromatic ring is 1. The number of nitrogens with zero attached hydrogens (tertiary/aromatic N) is 2. The van der Waals surface area contributed by atoms with Gasteiger partial charge in [-0.3, -0.25) is 19.2 Å². The third-order valence-corrected chi connectivity index (χ3v) is 6.29. The molecule has 37 heavy (non-hydrogen) atoms. The Balaban J connectivity index is 0.000000214. The lowest BCUT2D eigenvalue weighted by Crippen LogP contribution is -2.34. The fraction of sp³-hybridized carbons (Fsp3) is 0.429. The number of carboxylic acid groups (broad SMARTS) is 1. The minimum Gasteiger partial charge on any atom is -0.480 e. The van der Waals surface area contributed by atoms with Crippen LogP contribution in [0.3, 0.4) is 0 Å². The van der Waals surface area contributed by atoms with E-state index >= 15 is 0 Å². The molecule has 200 valence electrons. The van der Waals surface area contributed by atoms with E-state index in [-0.39, 0.29) is 30.8 Å². The van der Waals surface area contributed by atoms with E-state index in [1.807, 2.05) is 64.1 Å². The largest absolute Gasteiger partial charge is 0.480 e. The molecule has 2 aromatic rings. The number of carbonyl (C=O) groups excluding carboxylic acids is 3. The van der Waals surface area contributed by atoms with Crippen molar-refractivity contribution in [3.63, 3.8) is 0 Å². The second-order valence-corrected chi connectivity index (χ2v) is 9.35. The zero-order valence-corrected chi connectivity index (χ0v) is 22.2. The first-order valence-electron chi connectivity index (χ1n) is 12.4. The molecule has 9 nitrogen and oxygen atoms in total. The third-order valence-electron chi connectivity index (χ3n) is 6.29. The number of nitrogens with one attached hydrogen (secondary N) is 1. The standard InChI is InChI=1S/C14H18N2O2.C8H11N.C6H9NO3/c1-10-5-3-6-11(2)14(10)15-12(17)9-16-8-4-7-13(16)18;1-6-4-3-5-7(2)8(6)9;8-5-2-1-3-7(5)4-6(9)10/h3,5-6H,4,7-9H2,1-2H3,(H,15,17);3-5H,9H2,1-2H3;1-4H2,(H,9,10). The fourth-order valence-corrected chi connectivity index (χ4v) is 4.10. The van der Waals surface area contributed by atoms with E-state index in [1.54, 1.807) is 4.90 Å². The SMILES string of the molecule is Cc1cccc(C)c1N.Cc1cccc(C)c1NC(=O)CN1CCCC1=O.O=C(O)CN1CCCC1=O. The number of rotatable bonds is 5. The van der Waals surface area contributed by atoms with Crippen molar-refractivity contribution in [3.05, 3.63) is 58.7 Å². The van der Waals surface area contributed by atoms with Crippen molar-refractivity contribution in [2.45, 2.75) is 53.4 Å². The molecule has 2 heterocycles. The molecule has 0 atom stereocenters. The third kappa shape index (κ3) is 9.25. The maximum atomic E-state index is 11.9. The van der Waals surface area contributed by atoms with Gasteiger partial charge < -0.3 is 26.0 Å². The summed E-state index contributed by atoms with van der Waals surface area (Å²) in [6.45, 7) is 9.27. The van der Waals surface area contributed by atoms with Gasteiger partial charge in [-0.15, -0.1) is 0 Å². The van der Waals surface area contributed by atoms with Crippen LogP contribution in [0, 0.1) is 27.7 Å². The number of carboxylic acids is 1. The van der Waals surface area contributed by atoms with Crippen molar-refractivity contribution < 1.29 is 24.3 Å². The lowest BCUT2D eigenvalue weighted by molar-refractivity contribution is -0.142. The summed E-state index contributed by atoms with van der Waals surface area (Å²) in [5, 5.41) is 11.2. The highest BCUT2D eigenvalue weighted by atomic mass is 16.4. The Morgan fingerprint density at radius 3 is 1.62 bits per heavy atom. The zero-order chi connectivity index (χ0) is 27.5. The summed E-state index contributed by atoms with van der Waals surface area (Å²) in [5.74, 6) is -1.02. The number of hydrogen-bond acceptors (Lipinski definition) is 5. The molecule has 2 saturated heterocycles. The van der Waals surface area contributed by atoms with Crippen LogP contribution in [0.5, 0.6) is 0 Å². The normalized spacial score (nSPS) is 14.5. The minimum absolute atomic E-state index is 0.0394. The van der Waals surface area contributed by atoms with Gasteiger partial charge in [-0.2, -0.15) is 0 Å². The molecule has 0 bridgehead atoms. The number of para-hydroxylation sites is 2. The van der Waals surface area contributed by atoms with Crippen LogP contribution in [0.4, 0.5) is 11.4 Å². The number of aryl methyl sites for hydroxylation is 4. The number of anilines is 2. The van der Waals surface area contributed by atoms with Crippen molar-refractivity contribution in [1.29, 1.82) is 0 Å². The predicted octanol–water partition coefficient (Wildman–Crippen LogP) is 3.44. The van der Waals surface area contributed by atoms with Gasteiger partial charge in [0.15, 0.2) is 0 Å². The van der Waals surface area contributed by atoms with E-state index in [9.17, 15) is 19.2 Å². The summed E-state index contributed by atoms with van der Waals surface area (Å²) >= 11 is 0. The molecular formula is C28H38N4O5. The molecule has 0 aliphatic carbocycles. The smallest absolute Gasteiger partial charge is 0.323 e. The van der Waals surface area contributed by atoms with Gasteiger partial charge in [0.2, 0.25) is 17.7 Å². The molecule has 4 rings (SSSR count). The second-order valence-electron chi connectivity index (χ2n) is 9.35. The van der Waals surface area contributed by atoms with Crippen molar-refractivity contribution in [3.8, 4) is 0 Å². The molecule has 0 aromatic heterocycles. The highest BCUT2D eigenvalue weighted by Crippen LogP contribution is 2.19. The average molecular weight is 511 g/mol. The maximum absolute atomic E-state index is 11.9. The van der Waals surface area contributed by atoms with Gasteiger partial charge in [-0.05, 0) is 62.8 Å². The predicted molar refractivity (Wildman–Crippen MR) is 144 cm³/mol. The Morgan fingerprint density at radius 2 is 1.24 bits per heavy atom. The van der Waals surface area contributed by atoms with Gasteiger partial charge in [0.25, 0.3) is 0 Å². The van der Waals surface area contributed by atoms with Gasteiger partial charge in [-0.1, -0.05) is 36.4 Å². The van der Waals surface area contributed by atoms with Crippen LogP contribution in [0.15, 0.2) is 36.4 Å². The summed E-state index contributed by atoms with van der Waals surface area (Å²) in [4.78, 5) is 47.2. The van der Waals surface area contributed by atoms with E-state index in [1.165, 1.54) is 4.90 Å². The molecule has 2 aliphatic heterocycles. The lowest BCUT2D eigenvalue weighted by atomic mass is 10.1. The summed E-state index contributed by atoms with van der Waals surface area (Å²) < 4.78 is 0. The van der Waals surface area contributed by atoms with Crippen LogP contribution in [0.2, 0.25) is 0 Å². The van der Waals surface area contributed by atoms with Crippen LogP contribution < -0.4 is 11.1 Å². The monoisotopic (exact) mass is 510 g/mol. The zero-order valence-electron chi connectivity index (χ0n) is 22.2. The molecule has 0 saturated carbocycles. The highest BCUT2D eigenvalue weighted by molar-refractivity contribution is 5.96. The van der Waals surface area contributed by atoms with E-state index in [0.29, 0.717) is 25.9 Å². The Kier molecular flexibility index (Phi) is 11.1. The Hall–Kier alpha value is -3.88. The number of hydrogen-bond donors (Lipinski definition) is 3. The summed E-state index contributed by atoms with van der Waals surface area (Å²) in [5.41, 5.74) is 11.9. The van der Waals surface area contributed by atoms with Crippen molar-refractivity contribution in [2.75, 3.05) is 37.2 Å². The van der Waals surface area contributed by atoms with E-state index in [4.69, 9.17) is 10.8 Å². The Bertz CT molecular complexity index is 1090. The average Bonchev–Trinajstić information content (AvgIpc) is 3.42. The van der Waals surface area contributed by atoms with Crippen LogP contribution >= 0.6 is 0 Å². The van der Waals surface area contributed by atoms with Gasteiger partial charge in [-0.25, -0.2) is 0 Å². The van der Waals surface area contributed by atoms with Crippen LogP contribution in [-0.4, -0.2) is 64.8 Å². The molecule has 0 spiro atoms. The first-order chi connectivity index (χ1) is 17.5. The van der Waals surface area contributed by atoms with E-state index < -0.39 is 5.97 Å². The topological polar surface area (TPSA) is 133 Å². The molecule has 0 unspecified atom stereocenters. The van der Waals surface area contributed by atoms with Crippen molar-refractivity contribution >= 4 is 35.1 Å². The molecule has 2 aromatic carbocycles. The number of aliphatic carboxylic acids is 1. The molecule has 4 N–H and O–H groups in total. The van der Waals surface area contributed by atoms with E-state index in [2.05, 4.69) is 5.32 Å². The molecule has 3 amide bonds. The summed E-state index contributed by atoms with van der Waals surface area (Å²) in [6, 6.07) is 11.9. The van der Waals surface area contributed by atoms with Gasteiger partial charge >= 0.3 is 5.97 Å². The first-order valence-corrected chi connectivity index (χ1v) is 12.4. The summed E-state index contributed by atoms with van der Waals surface area (Å²) in [6.07, 6.45) is 2.73. The van der Waals surface area contributed by atoms with E-state index in [0.717, 1.165) is 46.5 Å².